The molecule has 0 spiro atoms. The van der Waals surface area contributed by atoms with E-state index in [9.17, 15) is 0 Å². The van der Waals surface area contributed by atoms with E-state index in [1.807, 2.05) is 17.7 Å². The van der Waals surface area contributed by atoms with Crippen molar-refractivity contribution < 1.29 is 0 Å². The summed E-state index contributed by atoms with van der Waals surface area (Å²) in [4.78, 5) is 12.1. The van der Waals surface area contributed by atoms with Gasteiger partial charge >= 0.3 is 0 Å². The van der Waals surface area contributed by atoms with Gasteiger partial charge in [-0.25, -0.2) is 20.8 Å². The van der Waals surface area contributed by atoms with Crippen molar-refractivity contribution in [1.82, 2.24) is 19.5 Å². The second-order valence-electron chi connectivity index (χ2n) is 2.75. The number of rotatable bonds is 2. The molecule has 0 radical (unpaired) electrons. The molecule has 3 N–H and O–H groups in total. The van der Waals surface area contributed by atoms with Crippen molar-refractivity contribution in [1.29, 1.82) is 0 Å². The van der Waals surface area contributed by atoms with E-state index in [2.05, 4.69) is 20.4 Å². The van der Waals surface area contributed by atoms with Crippen LogP contribution in [0.1, 0.15) is 5.82 Å². The van der Waals surface area contributed by atoms with Gasteiger partial charge in [0.05, 0.1) is 0 Å². The van der Waals surface area contributed by atoms with Crippen LogP contribution in [0.25, 0.3) is 5.82 Å². The number of nitrogens with two attached hydrogens (primary N) is 1. The van der Waals surface area contributed by atoms with Crippen LogP contribution in [0.4, 0.5) is 5.82 Å². The van der Waals surface area contributed by atoms with Crippen LogP contribution in [0.3, 0.4) is 0 Å². The molecule has 2 aromatic rings. The molecular formula is C8H10N6. The van der Waals surface area contributed by atoms with Gasteiger partial charge in [0.1, 0.15) is 23.8 Å². The molecule has 6 heteroatoms. The maximum atomic E-state index is 5.24. The van der Waals surface area contributed by atoms with E-state index < -0.39 is 0 Å². The van der Waals surface area contributed by atoms with Crippen molar-refractivity contribution in [2.24, 2.45) is 5.84 Å². The Kier molecular flexibility index (Phi) is 2.11. The largest absolute Gasteiger partial charge is 0.308 e. The summed E-state index contributed by atoms with van der Waals surface area (Å²) in [6, 6.07) is 1.74. The van der Waals surface area contributed by atoms with Crippen molar-refractivity contribution in [2.45, 2.75) is 6.92 Å². The SMILES string of the molecule is Cc1nccn1-c1cc(NN)ncn1. The van der Waals surface area contributed by atoms with Crippen LogP contribution in [-0.2, 0) is 0 Å². The molecule has 2 heterocycles. The maximum absolute atomic E-state index is 5.24. The minimum atomic E-state index is 0.572. The molecule has 0 amide bonds. The lowest BCUT2D eigenvalue weighted by Gasteiger charge is -2.04. The number of nitrogens with one attached hydrogen (secondary N) is 1. The Labute approximate surface area is 80.8 Å². The van der Waals surface area contributed by atoms with Crippen molar-refractivity contribution in [3.8, 4) is 5.82 Å². The first-order valence-corrected chi connectivity index (χ1v) is 4.10. The Morgan fingerprint density at radius 2 is 2.21 bits per heavy atom. The Morgan fingerprint density at radius 1 is 1.36 bits per heavy atom. The Bertz CT molecular complexity index is 435. The number of aromatic nitrogens is 4. The summed E-state index contributed by atoms with van der Waals surface area (Å²) in [5.41, 5.74) is 2.46. The third-order valence-electron chi connectivity index (χ3n) is 1.87. The lowest BCUT2D eigenvalue weighted by atomic mass is 10.5. The van der Waals surface area contributed by atoms with Gasteiger partial charge in [-0.05, 0) is 6.92 Å². The summed E-state index contributed by atoms with van der Waals surface area (Å²) >= 11 is 0. The monoisotopic (exact) mass is 190 g/mol. The topological polar surface area (TPSA) is 81.7 Å². The highest BCUT2D eigenvalue weighted by Crippen LogP contribution is 2.09. The zero-order valence-electron chi connectivity index (χ0n) is 7.68. The number of nitrogen functional groups attached to an aromatic ring is 1. The van der Waals surface area contributed by atoms with Gasteiger partial charge < -0.3 is 5.43 Å². The molecule has 6 nitrogen and oxygen atoms in total. The lowest BCUT2D eigenvalue weighted by Crippen LogP contribution is -2.10. The first-order chi connectivity index (χ1) is 6.81. The molecule has 0 saturated heterocycles. The van der Waals surface area contributed by atoms with Crippen LogP contribution in [0.2, 0.25) is 0 Å². The Hall–Kier alpha value is -1.95. The van der Waals surface area contributed by atoms with Crippen molar-refractivity contribution in [3.63, 3.8) is 0 Å². The highest BCUT2D eigenvalue weighted by Gasteiger charge is 2.02. The predicted octanol–water partition coefficient (Wildman–Crippen LogP) is 0.256. The highest BCUT2D eigenvalue weighted by atomic mass is 15.3. The number of imidazole rings is 1. The van der Waals surface area contributed by atoms with Crippen molar-refractivity contribution in [2.75, 3.05) is 5.43 Å². The molecule has 0 aromatic carbocycles. The maximum Gasteiger partial charge on any atom is 0.145 e. The van der Waals surface area contributed by atoms with Gasteiger partial charge in [-0.2, -0.15) is 0 Å². The second kappa shape index (κ2) is 3.43. The zero-order valence-corrected chi connectivity index (χ0v) is 7.68. The number of hydrogen-bond donors (Lipinski definition) is 2. The van der Waals surface area contributed by atoms with Crippen LogP contribution < -0.4 is 11.3 Å². The second-order valence-corrected chi connectivity index (χ2v) is 2.75. The van der Waals surface area contributed by atoms with Gasteiger partial charge in [-0.1, -0.05) is 0 Å². The quantitative estimate of drug-likeness (QED) is 0.524. The smallest absolute Gasteiger partial charge is 0.145 e. The average Bonchev–Trinajstić information content (AvgIpc) is 2.65. The number of hydrogen-bond acceptors (Lipinski definition) is 5. The minimum absolute atomic E-state index is 0.572. The van der Waals surface area contributed by atoms with Crippen LogP contribution in [0.15, 0.2) is 24.8 Å². The molecule has 2 rings (SSSR count). The third kappa shape index (κ3) is 1.42. The van der Waals surface area contributed by atoms with Crippen LogP contribution >= 0.6 is 0 Å². The molecule has 0 fully saturated rings. The highest BCUT2D eigenvalue weighted by molar-refractivity contribution is 5.39. The van der Waals surface area contributed by atoms with Gasteiger partial charge in [-0.15, -0.1) is 0 Å². The molecule has 0 saturated carbocycles. The lowest BCUT2D eigenvalue weighted by molar-refractivity contribution is 0.919. The summed E-state index contributed by atoms with van der Waals surface area (Å²) in [5.74, 6) is 7.42. The fourth-order valence-electron chi connectivity index (χ4n) is 1.18. The molecule has 0 atom stereocenters. The summed E-state index contributed by atoms with van der Waals surface area (Å²) in [6.45, 7) is 1.90. The van der Waals surface area contributed by atoms with Gasteiger partial charge in [0.2, 0.25) is 0 Å². The van der Waals surface area contributed by atoms with E-state index in [1.165, 1.54) is 6.33 Å². The normalized spacial score (nSPS) is 10.1. The van der Waals surface area contributed by atoms with Crippen LogP contribution in [-0.4, -0.2) is 19.5 Å². The molecule has 0 bridgehead atoms. The van der Waals surface area contributed by atoms with Gasteiger partial charge in [0.15, 0.2) is 0 Å². The van der Waals surface area contributed by atoms with Crippen molar-refractivity contribution >= 4 is 5.82 Å². The first kappa shape index (κ1) is 8.64. The summed E-state index contributed by atoms with van der Waals surface area (Å²) in [5, 5.41) is 0. The van der Waals surface area contributed by atoms with E-state index >= 15 is 0 Å². The number of anilines is 1. The number of nitrogens with zero attached hydrogens (tertiary/aromatic N) is 4. The molecular weight excluding hydrogens is 180 g/mol. The predicted molar refractivity (Wildman–Crippen MR) is 51.7 cm³/mol. The fourth-order valence-corrected chi connectivity index (χ4v) is 1.18. The fraction of sp³-hybridized carbons (Fsp3) is 0.125. The van der Waals surface area contributed by atoms with Gasteiger partial charge in [0.25, 0.3) is 0 Å². The summed E-state index contributed by atoms with van der Waals surface area (Å²) in [6.07, 6.45) is 4.99. The molecule has 0 aliphatic heterocycles. The van der Waals surface area contributed by atoms with E-state index in [0.29, 0.717) is 5.82 Å². The van der Waals surface area contributed by atoms with E-state index in [0.717, 1.165) is 11.6 Å². The van der Waals surface area contributed by atoms with Crippen LogP contribution in [0, 0.1) is 6.92 Å². The van der Waals surface area contributed by atoms with Crippen molar-refractivity contribution in [3.05, 3.63) is 30.6 Å². The standard InChI is InChI=1S/C8H10N6/c1-6-10-2-3-14(6)8-4-7(13-9)11-5-12-8/h2-5H,9H2,1H3,(H,11,12,13). The molecule has 2 aromatic heterocycles. The van der Waals surface area contributed by atoms with Gasteiger partial charge in [-0.3, -0.25) is 4.57 Å². The molecule has 0 aliphatic carbocycles. The van der Waals surface area contributed by atoms with E-state index in [-0.39, 0.29) is 0 Å². The Balaban J connectivity index is 2.47. The minimum Gasteiger partial charge on any atom is -0.308 e. The molecule has 72 valence electrons. The summed E-state index contributed by atoms with van der Waals surface area (Å²) in [7, 11) is 0. The number of hydrazine groups is 1. The Morgan fingerprint density at radius 3 is 2.86 bits per heavy atom. The zero-order chi connectivity index (χ0) is 9.97. The van der Waals surface area contributed by atoms with Crippen LogP contribution in [0.5, 0.6) is 0 Å². The summed E-state index contributed by atoms with van der Waals surface area (Å²) < 4.78 is 1.85. The van der Waals surface area contributed by atoms with E-state index in [1.54, 1.807) is 12.3 Å². The van der Waals surface area contributed by atoms with Gasteiger partial charge in [0, 0.05) is 18.5 Å². The van der Waals surface area contributed by atoms with E-state index in [4.69, 9.17) is 5.84 Å². The molecule has 0 aliphatic rings. The molecule has 14 heavy (non-hydrogen) atoms. The first-order valence-electron chi connectivity index (χ1n) is 4.10. The third-order valence-corrected chi connectivity index (χ3v) is 1.87. The molecule has 0 unspecified atom stereocenters. The average molecular weight is 190 g/mol. The number of aryl methyl sites for hydroxylation is 1.